The smallest absolute Gasteiger partial charge is 0.410 e. The van der Waals surface area contributed by atoms with E-state index in [1.807, 2.05) is 25.7 Å². The van der Waals surface area contributed by atoms with Crippen LogP contribution in [0.2, 0.25) is 0 Å². The second kappa shape index (κ2) is 4.68. The second-order valence-corrected chi connectivity index (χ2v) is 8.16. The quantitative estimate of drug-likeness (QED) is 0.720. The van der Waals surface area contributed by atoms with E-state index in [4.69, 9.17) is 4.74 Å². The third-order valence-electron chi connectivity index (χ3n) is 4.77. The first-order valence-corrected chi connectivity index (χ1v) is 7.58. The topological polar surface area (TPSA) is 29.5 Å². The summed E-state index contributed by atoms with van der Waals surface area (Å²) in [4.78, 5) is 14.1. The Bertz CT molecular complexity index is 356. The molecule has 0 aromatic rings. The van der Waals surface area contributed by atoms with Crippen molar-refractivity contribution in [3.8, 4) is 0 Å². The number of amides is 1. The number of hydrogen-bond donors (Lipinski definition) is 0. The Labute approximate surface area is 117 Å². The highest BCUT2D eigenvalue weighted by molar-refractivity contribution is 5.68. The lowest BCUT2D eigenvalue weighted by atomic mass is 9.81. The van der Waals surface area contributed by atoms with Crippen molar-refractivity contribution in [2.75, 3.05) is 13.1 Å². The molecule has 0 aromatic carbocycles. The van der Waals surface area contributed by atoms with E-state index in [9.17, 15) is 4.79 Å². The molecule has 2 fully saturated rings. The monoisotopic (exact) mass is 267 g/mol. The number of carbonyl (C=O) groups is 1. The van der Waals surface area contributed by atoms with Gasteiger partial charge in [-0.2, -0.15) is 0 Å². The van der Waals surface area contributed by atoms with Crippen LogP contribution in [0.3, 0.4) is 0 Å². The van der Waals surface area contributed by atoms with Crippen molar-refractivity contribution in [3.63, 3.8) is 0 Å². The summed E-state index contributed by atoms with van der Waals surface area (Å²) in [5.41, 5.74) is 0.0877. The van der Waals surface area contributed by atoms with Crippen LogP contribution in [0.25, 0.3) is 0 Å². The molecule has 0 N–H and O–H groups in total. The molecule has 1 aliphatic heterocycles. The van der Waals surface area contributed by atoms with Crippen LogP contribution in [0, 0.1) is 23.2 Å². The zero-order valence-electron chi connectivity index (χ0n) is 13.3. The summed E-state index contributed by atoms with van der Waals surface area (Å²) >= 11 is 0. The maximum atomic E-state index is 12.2. The van der Waals surface area contributed by atoms with Gasteiger partial charge in [0.2, 0.25) is 0 Å². The fraction of sp³-hybridized carbons (Fsp3) is 0.938. The van der Waals surface area contributed by atoms with Crippen molar-refractivity contribution in [2.24, 2.45) is 23.2 Å². The van der Waals surface area contributed by atoms with Crippen LogP contribution < -0.4 is 0 Å². The van der Waals surface area contributed by atoms with Crippen LogP contribution in [-0.4, -0.2) is 29.7 Å². The Kier molecular flexibility index (Phi) is 3.61. The molecule has 2 rings (SSSR count). The van der Waals surface area contributed by atoms with E-state index in [-0.39, 0.29) is 6.09 Å². The Hall–Kier alpha value is -0.730. The predicted molar refractivity (Wildman–Crippen MR) is 77.0 cm³/mol. The lowest BCUT2D eigenvalue weighted by molar-refractivity contribution is 0.00833. The van der Waals surface area contributed by atoms with Gasteiger partial charge in [0.05, 0.1) is 0 Å². The van der Waals surface area contributed by atoms with Gasteiger partial charge in [-0.15, -0.1) is 0 Å². The molecule has 0 spiro atoms. The van der Waals surface area contributed by atoms with Crippen molar-refractivity contribution in [2.45, 2.75) is 60.0 Å². The lowest BCUT2D eigenvalue weighted by Gasteiger charge is -2.38. The Balaban J connectivity index is 1.96. The molecule has 1 saturated carbocycles. The van der Waals surface area contributed by atoms with Crippen LogP contribution in [-0.2, 0) is 4.74 Å². The second-order valence-electron chi connectivity index (χ2n) is 8.16. The molecule has 3 heteroatoms. The van der Waals surface area contributed by atoms with Gasteiger partial charge >= 0.3 is 6.09 Å². The van der Waals surface area contributed by atoms with Crippen LogP contribution in [0.4, 0.5) is 4.79 Å². The minimum absolute atomic E-state index is 0.136. The predicted octanol–water partition coefficient (Wildman–Crippen LogP) is 3.93. The number of hydrogen-bond acceptors (Lipinski definition) is 2. The number of ether oxygens (including phenoxy) is 1. The van der Waals surface area contributed by atoms with Crippen LogP contribution in [0.15, 0.2) is 0 Å². The van der Waals surface area contributed by atoms with Gasteiger partial charge in [-0.25, -0.2) is 4.79 Å². The van der Waals surface area contributed by atoms with E-state index < -0.39 is 5.60 Å². The summed E-state index contributed by atoms with van der Waals surface area (Å²) in [5.74, 6) is 2.16. The van der Waals surface area contributed by atoms with Crippen molar-refractivity contribution >= 4 is 6.09 Å². The van der Waals surface area contributed by atoms with E-state index in [0.29, 0.717) is 11.3 Å². The fourth-order valence-electron chi connectivity index (χ4n) is 3.35. The van der Waals surface area contributed by atoms with E-state index in [2.05, 4.69) is 20.8 Å². The normalized spacial score (nSPS) is 34.0. The molecular formula is C16H29NO2. The first-order chi connectivity index (χ1) is 8.60. The molecule has 0 aromatic heterocycles. The van der Waals surface area contributed by atoms with Gasteiger partial charge < -0.3 is 9.64 Å². The number of likely N-dealkylation sites (tertiary alicyclic amines) is 1. The first-order valence-electron chi connectivity index (χ1n) is 7.58. The Morgan fingerprint density at radius 3 is 2.37 bits per heavy atom. The highest BCUT2D eigenvalue weighted by Gasteiger charge is 2.52. The summed E-state index contributed by atoms with van der Waals surface area (Å²) in [7, 11) is 0. The molecule has 1 heterocycles. The van der Waals surface area contributed by atoms with Gasteiger partial charge in [0, 0.05) is 13.1 Å². The van der Waals surface area contributed by atoms with Gasteiger partial charge in [0.25, 0.3) is 0 Å². The highest BCUT2D eigenvalue weighted by Crippen LogP contribution is 2.58. The number of carbonyl (C=O) groups excluding carboxylic acids is 1. The Morgan fingerprint density at radius 1 is 1.32 bits per heavy atom. The molecule has 3 nitrogen and oxygen atoms in total. The minimum atomic E-state index is -0.394. The molecule has 3 atom stereocenters. The van der Waals surface area contributed by atoms with Gasteiger partial charge in [-0.3, -0.25) is 0 Å². The van der Waals surface area contributed by atoms with Crippen LogP contribution >= 0.6 is 0 Å². The summed E-state index contributed by atoms with van der Waals surface area (Å²) in [6.45, 7) is 14.5. The Morgan fingerprint density at radius 2 is 1.89 bits per heavy atom. The summed E-state index contributed by atoms with van der Waals surface area (Å²) in [5, 5.41) is 0. The maximum absolute atomic E-state index is 12.2. The van der Waals surface area contributed by atoms with Crippen molar-refractivity contribution in [3.05, 3.63) is 0 Å². The van der Waals surface area contributed by atoms with E-state index in [1.165, 1.54) is 6.42 Å². The zero-order valence-corrected chi connectivity index (χ0v) is 13.3. The van der Waals surface area contributed by atoms with Crippen LogP contribution in [0.5, 0.6) is 0 Å². The highest BCUT2D eigenvalue weighted by atomic mass is 16.6. The van der Waals surface area contributed by atoms with Crippen molar-refractivity contribution in [1.82, 2.24) is 4.90 Å². The number of rotatable bonds is 1. The van der Waals surface area contributed by atoms with E-state index in [0.717, 1.165) is 31.3 Å². The maximum Gasteiger partial charge on any atom is 0.410 e. The van der Waals surface area contributed by atoms with E-state index in [1.54, 1.807) is 0 Å². The standard InChI is InChI=1S/C16H29NO2/c1-11-7-8-17(14(18)19-15(2,3)4)10-12(11)13-9-16(13,5)6/h11-13H,7-10H2,1-6H3. The molecule has 1 saturated heterocycles. The molecular weight excluding hydrogens is 238 g/mol. The van der Waals surface area contributed by atoms with Crippen molar-refractivity contribution in [1.29, 1.82) is 0 Å². The molecule has 3 unspecified atom stereocenters. The fourth-order valence-corrected chi connectivity index (χ4v) is 3.35. The molecule has 19 heavy (non-hydrogen) atoms. The molecule has 0 bridgehead atoms. The number of piperidine rings is 1. The number of nitrogens with zero attached hydrogens (tertiary/aromatic N) is 1. The third-order valence-corrected chi connectivity index (χ3v) is 4.77. The summed E-state index contributed by atoms with van der Waals surface area (Å²) in [6.07, 6.45) is 2.28. The molecule has 1 aliphatic carbocycles. The average molecular weight is 267 g/mol. The first kappa shape index (κ1) is 14.7. The SMILES string of the molecule is CC1CCN(C(=O)OC(C)(C)C)CC1C1CC1(C)C. The lowest BCUT2D eigenvalue weighted by Crippen LogP contribution is -2.46. The third kappa shape index (κ3) is 3.43. The molecule has 1 amide bonds. The average Bonchev–Trinajstić information content (AvgIpc) is 2.85. The van der Waals surface area contributed by atoms with Gasteiger partial charge in [0.1, 0.15) is 5.60 Å². The molecule has 2 aliphatic rings. The van der Waals surface area contributed by atoms with Gasteiger partial charge in [-0.05, 0) is 56.8 Å². The van der Waals surface area contributed by atoms with Crippen molar-refractivity contribution < 1.29 is 9.53 Å². The minimum Gasteiger partial charge on any atom is -0.444 e. The summed E-state index contributed by atoms with van der Waals surface area (Å²) < 4.78 is 5.50. The van der Waals surface area contributed by atoms with Gasteiger partial charge in [0.15, 0.2) is 0 Å². The summed E-state index contributed by atoms with van der Waals surface area (Å²) in [6, 6.07) is 0. The zero-order chi connectivity index (χ0) is 14.4. The largest absolute Gasteiger partial charge is 0.444 e. The van der Waals surface area contributed by atoms with Crippen LogP contribution in [0.1, 0.15) is 54.4 Å². The molecule has 0 radical (unpaired) electrons. The van der Waals surface area contributed by atoms with E-state index >= 15 is 0 Å². The van der Waals surface area contributed by atoms with Gasteiger partial charge in [-0.1, -0.05) is 20.8 Å². The molecule has 110 valence electrons.